The van der Waals surface area contributed by atoms with Crippen LogP contribution in [0.15, 0.2) is 10.2 Å². The maximum atomic E-state index is 10.2. The first-order valence-corrected chi connectivity index (χ1v) is 3.55. The Balaban J connectivity index is 4.19. The Morgan fingerprint density at radius 2 is 2.33 bits per heavy atom. The van der Waals surface area contributed by atoms with Gasteiger partial charge in [-0.05, 0) is 17.1 Å². The molecular weight excluding hydrogens is 237 g/mol. The van der Waals surface area contributed by atoms with E-state index in [9.17, 15) is 4.79 Å². The highest BCUT2D eigenvalue weighted by Crippen LogP contribution is 2.02. The number of rotatable bonds is 2. The van der Waals surface area contributed by atoms with E-state index in [0.717, 1.165) is 0 Å². The number of hydrogen-bond acceptors (Lipinski definition) is 2. The van der Waals surface area contributed by atoms with Gasteiger partial charge in [0.05, 0.1) is 0 Å². The van der Waals surface area contributed by atoms with Gasteiger partial charge in [-0.2, -0.15) is 0 Å². The van der Waals surface area contributed by atoms with E-state index in [-0.39, 0.29) is 0 Å². The predicted octanol–water partition coefficient (Wildman–Crippen LogP) is 0.737. The minimum atomic E-state index is -1.22. The molecule has 0 radical (unpaired) electrons. The number of nitrogens with two attached hydrogens (primary N) is 1. The van der Waals surface area contributed by atoms with Gasteiger partial charge in [0.25, 0.3) is 0 Å². The molecule has 0 aliphatic heterocycles. The molecule has 0 spiro atoms. The summed E-state index contributed by atoms with van der Waals surface area (Å²) in [5.74, 6) is -1.02. The van der Waals surface area contributed by atoms with Crippen LogP contribution in [0.25, 0.3) is 0 Å². The third-order valence-corrected chi connectivity index (χ3v) is 1.23. The Labute approximate surface area is 67.1 Å². The first-order chi connectivity index (χ1) is 4.00. The predicted molar refractivity (Wildman–Crippen MR) is 43.4 cm³/mol. The summed E-state index contributed by atoms with van der Waals surface area (Å²) in [6.45, 7) is 1.44. The molecule has 3 nitrogen and oxygen atoms in total. The fraction of sp³-hybridized carbons (Fsp3) is 0.400. The molecule has 0 amide bonds. The third-order valence-electron chi connectivity index (χ3n) is 0.870. The summed E-state index contributed by atoms with van der Waals surface area (Å²) in [5.41, 5.74) is 4.06. The Bertz CT molecular complexity index is 142. The van der Waals surface area contributed by atoms with Crippen LogP contribution in [0.5, 0.6) is 0 Å². The van der Waals surface area contributed by atoms with Crippen molar-refractivity contribution in [1.29, 1.82) is 0 Å². The van der Waals surface area contributed by atoms with Gasteiger partial charge in [-0.15, -0.1) is 0 Å². The van der Waals surface area contributed by atoms with E-state index in [1.54, 1.807) is 4.08 Å². The summed E-state index contributed by atoms with van der Waals surface area (Å²) < 4.78 is 1.59. The zero-order valence-corrected chi connectivity index (χ0v) is 7.12. The average Bonchev–Trinajstić information content (AvgIpc) is 1.65. The molecule has 0 aliphatic carbocycles. The van der Waals surface area contributed by atoms with Crippen LogP contribution < -0.4 is 5.73 Å². The van der Waals surface area contributed by atoms with Gasteiger partial charge in [0, 0.05) is 0 Å². The molecule has 0 unspecified atom stereocenters. The van der Waals surface area contributed by atoms with Crippen molar-refractivity contribution in [3.05, 3.63) is 10.2 Å². The lowest BCUT2D eigenvalue weighted by Crippen LogP contribution is -2.42. The Hall–Kier alpha value is -0.100. The number of aliphatic carboxylic acids is 1. The van der Waals surface area contributed by atoms with Gasteiger partial charge in [0.15, 0.2) is 0 Å². The smallest absolute Gasteiger partial charge is 0.327 e. The number of carboxylic acid groups (broad SMARTS) is 1. The third kappa shape index (κ3) is 2.81. The van der Waals surface area contributed by atoms with Crippen molar-refractivity contribution >= 4 is 28.6 Å². The summed E-state index contributed by atoms with van der Waals surface area (Å²) in [6.07, 6.45) is 1.43. The van der Waals surface area contributed by atoms with Gasteiger partial charge >= 0.3 is 5.97 Å². The molecule has 0 aromatic heterocycles. The average molecular weight is 245 g/mol. The molecule has 0 fully saturated rings. The molecule has 0 aromatic carbocycles. The Morgan fingerprint density at radius 1 is 1.89 bits per heavy atom. The largest absolute Gasteiger partial charge is 0.480 e. The van der Waals surface area contributed by atoms with Crippen LogP contribution in [0.4, 0.5) is 0 Å². The van der Waals surface area contributed by atoms with Crippen molar-refractivity contribution in [1.82, 2.24) is 0 Å². The van der Waals surface area contributed by atoms with E-state index in [1.807, 2.05) is 22.6 Å². The minimum Gasteiger partial charge on any atom is -0.480 e. The van der Waals surface area contributed by atoms with Crippen molar-refractivity contribution < 1.29 is 9.90 Å². The van der Waals surface area contributed by atoms with Gasteiger partial charge in [0.1, 0.15) is 5.54 Å². The molecule has 0 aromatic rings. The monoisotopic (exact) mass is 245 g/mol. The Morgan fingerprint density at radius 3 is 2.44 bits per heavy atom. The van der Waals surface area contributed by atoms with E-state index in [1.165, 1.54) is 13.0 Å². The van der Waals surface area contributed by atoms with Crippen LogP contribution in [-0.2, 0) is 4.79 Å². The van der Waals surface area contributed by atoms with E-state index in [0.29, 0.717) is 0 Å². The standard InChI is InChI=1S/C5H8INO2/c1-5(7,2-3-6)4(8)9/h2-3H,7H2,1H3,(H,8,9)/b3-2+/t5-/m0/s1/i6+4. The molecule has 0 bridgehead atoms. The molecule has 0 saturated heterocycles. The maximum absolute atomic E-state index is 10.2. The quantitative estimate of drug-likeness (QED) is 0.705. The molecule has 0 heterocycles. The molecule has 52 valence electrons. The summed E-state index contributed by atoms with van der Waals surface area (Å²) in [5, 5.41) is 8.39. The van der Waals surface area contributed by atoms with E-state index >= 15 is 0 Å². The van der Waals surface area contributed by atoms with Crippen molar-refractivity contribution in [2.45, 2.75) is 12.5 Å². The highest BCUT2D eigenvalue weighted by molar-refractivity contribution is 14.1. The second-order valence-corrected chi connectivity index (χ2v) is 2.60. The van der Waals surface area contributed by atoms with Crippen LogP contribution in [0, 0.1) is 0 Å². The van der Waals surface area contributed by atoms with E-state index in [2.05, 4.69) is 0 Å². The highest BCUT2D eigenvalue weighted by Gasteiger charge is 2.23. The fourth-order valence-electron chi connectivity index (χ4n) is 0.202. The second-order valence-electron chi connectivity index (χ2n) is 1.88. The van der Waals surface area contributed by atoms with Crippen LogP contribution in [-0.4, -0.2) is 16.6 Å². The van der Waals surface area contributed by atoms with E-state index < -0.39 is 11.5 Å². The molecule has 0 rings (SSSR count). The lowest BCUT2D eigenvalue weighted by molar-refractivity contribution is -0.140. The van der Waals surface area contributed by atoms with Crippen LogP contribution in [0.1, 0.15) is 6.92 Å². The first kappa shape index (κ1) is 8.90. The lowest BCUT2D eigenvalue weighted by atomic mass is 10.1. The number of carbonyl (C=O) groups is 1. The van der Waals surface area contributed by atoms with Crippen molar-refractivity contribution in [2.24, 2.45) is 5.73 Å². The molecular formula is C5H8INO2. The van der Waals surface area contributed by atoms with Crippen molar-refractivity contribution in [3.63, 3.8) is 0 Å². The molecule has 3 N–H and O–H groups in total. The second kappa shape index (κ2) is 3.17. The van der Waals surface area contributed by atoms with Crippen molar-refractivity contribution in [2.75, 3.05) is 0 Å². The number of hydrogen-bond donors (Lipinski definition) is 2. The molecule has 0 saturated carbocycles. The molecule has 0 aliphatic rings. The van der Waals surface area contributed by atoms with Gasteiger partial charge in [-0.3, -0.25) is 0 Å². The van der Waals surface area contributed by atoms with E-state index in [4.69, 9.17) is 10.8 Å². The Kier molecular flexibility index (Phi) is 3.13. The topological polar surface area (TPSA) is 63.3 Å². The minimum absolute atomic E-state index is 1.02. The highest BCUT2D eigenvalue weighted by atomic mass is 131. The number of halogens is 1. The molecule has 4 heteroatoms. The van der Waals surface area contributed by atoms with Gasteiger partial charge in [-0.1, -0.05) is 22.6 Å². The zero-order chi connectivity index (χ0) is 7.49. The van der Waals surface area contributed by atoms with Crippen LogP contribution in [0.3, 0.4) is 0 Å². The SMILES string of the molecule is C[C@](N)(/C=C/[131I])C(=O)O. The summed E-state index contributed by atoms with van der Waals surface area (Å²) in [4.78, 5) is 10.2. The zero-order valence-electron chi connectivity index (χ0n) is 4.97. The van der Waals surface area contributed by atoms with Crippen LogP contribution >= 0.6 is 22.6 Å². The first-order valence-electron chi connectivity index (χ1n) is 2.31. The normalized spacial score (nSPS) is 17.7. The van der Waals surface area contributed by atoms with Crippen molar-refractivity contribution in [3.8, 4) is 0 Å². The fourth-order valence-corrected chi connectivity index (χ4v) is 0.949. The summed E-state index contributed by atoms with van der Waals surface area (Å²) in [7, 11) is 0. The molecule has 9 heavy (non-hydrogen) atoms. The number of carboxylic acids is 1. The van der Waals surface area contributed by atoms with Crippen LogP contribution in [0.2, 0.25) is 0 Å². The van der Waals surface area contributed by atoms with Gasteiger partial charge < -0.3 is 10.8 Å². The summed E-state index contributed by atoms with van der Waals surface area (Å²) >= 11 is 1.92. The summed E-state index contributed by atoms with van der Waals surface area (Å²) in [6, 6.07) is 0. The lowest BCUT2D eigenvalue weighted by Gasteiger charge is -2.11. The molecule has 1 atom stereocenters. The maximum Gasteiger partial charge on any atom is 0.327 e. The van der Waals surface area contributed by atoms with Gasteiger partial charge in [-0.25, -0.2) is 4.79 Å². The van der Waals surface area contributed by atoms with Gasteiger partial charge in [0.2, 0.25) is 0 Å².